The Labute approximate surface area is 79.5 Å². The van der Waals surface area contributed by atoms with Crippen molar-refractivity contribution in [1.29, 1.82) is 5.26 Å². The van der Waals surface area contributed by atoms with Crippen molar-refractivity contribution in [3.05, 3.63) is 5.82 Å². The largest absolute Gasteiger partial charge is 0.347 e. The first kappa shape index (κ1) is 10.1. The van der Waals surface area contributed by atoms with Crippen LogP contribution in [0.15, 0.2) is 0 Å². The predicted molar refractivity (Wildman–Crippen MR) is 44.2 cm³/mol. The molecule has 0 aliphatic carbocycles. The molecule has 0 spiro atoms. The molecule has 1 aromatic heterocycles. The van der Waals surface area contributed by atoms with Crippen molar-refractivity contribution in [1.82, 2.24) is 25.9 Å². The highest BCUT2D eigenvalue weighted by Gasteiger charge is 2.12. The number of H-pyrrole nitrogens is 1. The fourth-order valence-electron chi connectivity index (χ4n) is 0.746. The third kappa shape index (κ3) is 2.80. The highest BCUT2D eigenvalue weighted by Crippen LogP contribution is 1.87. The number of carbonyl (C=O) groups excluding carboxylic acids is 1. The molecule has 1 amide bonds. The van der Waals surface area contributed by atoms with Gasteiger partial charge in [-0.2, -0.15) is 10.5 Å². The number of nitrogens with zero attached hydrogens (tertiary/aromatic N) is 4. The highest BCUT2D eigenvalue weighted by atomic mass is 16.2. The molecule has 0 saturated heterocycles. The van der Waals surface area contributed by atoms with Crippen LogP contribution in [0.2, 0.25) is 0 Å². The van der Waals surface area contributed by atoms with Crippen molar-refractivity contribution in [2.24, 2.45) is 5.73 Å². The summed E-state index contributed by atoms with van der Waals surface area (Å²) < 4.78 is 0. The van der Waals surface area contributed by atoms with E-state index in [1.54, 1.807) is 6.07 Å². The molecule has 74 valence electrons. The average molecular weight is 195 g/mol. The lowest BCUT2D eigenvalue weighted by Gasteiger charge is -2.06. The van der Waals surface area contributed by atoms with Crippen LogP contribution < -0.4 is 11.1 Å². The molecule has 0 radical (unpaired) electrons. The molecule has 8 heteroatoms. The van der Waals surface area contributed by atoms with E-state index in [2.05, 4.69) is 25.9 Å². The van der Waals surface area contributed by atoms with Gasteiger partial charge in [-0.3, -0.25) is 4.79 Å². The number of rotatable bonds is 4. The van der Waals surface area contributed by atoms with Gasteiger partial charge >= 0.3 is 0 Å². The standard InChI is InChI=1S/C6H9N7O/c7-2-1-4(8)6(14)9-3-5-10-12-13-11-5/h4H,1,3,8H2,(H,9,14)(H,10,11,12,13)/t4-/m0/s1. The summed E-state index contributed by atoms with van der Waals surface area (Å²) in [6.45, 7) is 0.147. The molecule has 14 heavy (non-hydrogen) atoms. The number of hydrogen-bond acceptors (Lipinski definition) is 6. The van der Waals surface area contributed by atoms with Crippen LogP contribution in [0.25, 0.3) is 0 Å². The molecule has 1 heterocycles. The van der Waals surface area contributed by atoms with Gasteiger partial charge in [-0.05, 0) is 0 Å². The van der Waals surface area contributed by atoms with Crippen LogP contribution in [-0.2, 0) is 11.3 Å². The lowest BCUT2D eigenvalue weighted by molar-refractivity contribution is -0.122. The summed E-state index contributed by atoms with van der Waals surface area (Å²) >= 11 is 0. The minimum absolute atomic E-state index is 0.0158. The number of nitrogens with two attached hydrogens (primary N) is 1. The Balaban J connectivity index is 2.32. The lowest BCUT2D eigenvalue weighted by Crippen LogP contribution is -2.40. The fraction of sp³-hybridized carbons (Fsp3) is 0.500. The summed E-state index contributed by atoms with van der Waals surface area (Å²) in [6.07, 6.45) is -0.0158. The van der Waals surface area contributed by atoms with Crippen molar-refractivity contribution >= 4 is 5.91 Å². The molecule has 0 fully saturated rings. The molecule has 0 aliphatic rings. The first-order chi connectivity index (χ1) is 6.74. The first-order valence-corrected chi connectivity index (χ1v) is 3.86. The maximum absolute atomic E-state index is 11.2. The van der Waals surface area contributed by atoms with Gasteiger partial charge in [0, 0.05) is 0 Å². The molecular weight excluding hydrogens is 186 g/mol. The van der Waals surface area contributed by atoms with Gasteiger partial charge in [0.25, 0.3) is 0 Å². The van der Waals surface area contributed by atoms with E-state index in [0.29, 0.717) is 5.82 Å². The molecule has 0 saturated carbocycles. The van der Waals surface area contributed by atoms with E-state index < -0.39 is 11.9 Å². The van der Waals surface area contributed by atoms with E-state index in [4.69, 9.17) is 11.0 Å². The smallest absolute Gasteiger partial charge is 0.238 e. The normalized spacial score (nSPS) is 11.7. The van der Waals surface area contributed by atoms with Gasteiger partial charge < -0.3 is 11.1 Å². The molecule has 0 aliphatic heterocycles. The summed E-state index contributed by atoms with van der Waals surface area (Å²) in [4.78, 5) is 11.2. The first-order valence-electron chi connectivity index (χ1n) is 3.86. The van der Waals surface area contributed by atoms with Crippen LogP contribution in [0.4, 0.5) is 0 Å². The molecule has 4 N–H and O–H groups in total. The molecule has 0 unspecified atom stereocenters. The maximum Gasteiger partial charge on any atom is 0.238 e. The topological polar surface area (TPSA) is 133 Å². The van der Waals surface area contributed by atoms with Crippen LogP contribution in [-0.4, -0.2) is 32.6 Å². The van der Waals surface area contributed by atoms with Gasteiger partial charge in [-0.25, -0.2) is 0 Å². The minimum atomic E-state index is -0.813. The molecule has 0 bridgehead atoms. The minimum Gasteiger partial charge on any atom is -0.347 e. The average Bonchev–Trinajstić information content (AvgIpc) is 2.67. The second-order valence-electron chi connectivity index (χ2n) is 2.51. The van der Waals surface area contributed by atoms with E-state index in [-0.39, 0.29) is 13.0 Å². The Kier molecular flexibility index (Phi) is 3.51. The molecule has 1 aromatic rings. The second-order valence-corrected chi connectivity index (χ2v) is 2.51. The Morgan fingerprint density at radius 1 is 1.79 bits per heavy atom. The number of amides is 1. The van der Waals surface area contributed by atoms with Crippen LogP contribution in [0.1, 0.15) is 12.2 Å². The van der Waals surface area contributed by atoms with Gasteiger partial charge in [0.2, 0.25) is 5.91 Å². The Bertz CT molecular complexity index is 326. The quantitative estimate of drug-likeness (QED) is 0.511. The summed E-state index contributed by atoms with van der Waals surface area (Å²) in [5.41, 5.74) is 5.37. The monoisotopic (exact) mass is 195 g/mol. The number of tetrazole rings is 1. The van der Waals surface area contributed by atoms with Crippen LogP contribution in [0.5, 0.6) is 0 Å². The summed E-state index contributed by atoms with van der Waals surface area (Å²) in [5, 5.41) is 23.6. The van der Waals surface area contributed by atoms with Crippen molar-refractivity contribution in [3.63, 3.8) is 0 Å². The number of carbonyl (C=O) groups is 1. The Hall–Kier alpha value is -2.01. The van der Waals surface area contributed by atoms with Crippen LogP contribution >= 0.6 is 0 Å². The van der Waals surface area contributed by atoms with E-state index >= 15 is 0 Å². The van der Waals surface area contributed by atoms with Crippen molar-refractivity contribution in [3.8, 4) is 6.07 Å². The summed E-state index contributed by atoms with van der Waals surface area (Å²) in [5.74, 6) is -0.0427. The maximum atomic E-state index is 11.2. The number of nitriles is 1. The van der Waals surface area contributed by atoms with Crippen molar-refractivity contribution in [2.45, 2.75) is 19.0 Å². The molecular formula is C6H9N7O. The number of nitrogens with one attached hydrogen (secondary N) is 2. The fourth-order valence-corrected chi connectivity index (χ4v) is 0.746. The lowest BCUT2D eigenvalue weighted by atomic mass is 10.2. The van der Waals surface area contributed by atoms with Gasteiger partial charge in [-0.1, -0.05) is 5.21 Å². The van der Waals surface area contributed by atoms with Gasteiger partial charge in [-0.15, -0.1) is 10.2 Å². The zero-order valence-corrected chi connectivity index (χ0v) is 7.27. The molecule has 1 atom stereocenters. The number of hydrogen-bond donors (Lipinski definition) is 3. The van der Waals surface area contributed by atoms with E-state index in [9.17, 15) is 4.79 Å². The van der Waals surface area contributed by atoms with Gasteiger partial charge in [0.15, 0.2) is 5.82 Å². The van der Waals surface area contributed by atoms with Crippen LogP contribution in [0, 0.1) is 11.3 Å². The zero-order valence-electron chi connectivity index (χ0n) is 7.27. The molecule has 8 nitrogen and oxygen atoms in total. The zero-order chi connectivity index (χ0) is 10.4. The van der Waals surface area contributed by atoms with Crippen molar-refractivity contribution < 1.29 is 4.79 Å². The van der Waals surface area contributed by atoms with Crippen LogP contribution in [0.3, 0.4) is 0 Å². The van der Waals surface area contributed by atoms with Gasteiger partial charge in [0.05, 0.1) is 25.1 Å². The number of aromatic amines is 1. The van der Waals surface area contributed by atoms with Crippen molar-refractivity contribution in [2.75, 3.05) is 0 Å². The SMILES string of the molecule is N#CC[C@H](N)C(=O)NCc1nn[nH]n1. The number of aromatic nitrogens is 4. The van der Waals surface area contributed by atoms with Gasteiger partial charge in [0.1, 0.15) is 0 Å². The molecule has 1 rings (SSSR count). The Morgan fingerprint density at radius 2 is 2.57 bits per heavy atom. The third-order valence-corrected chi connectivity index (χ3v) is 1.46. The second kappa shape index (κ2) is 4.88. The highest BCUT2D eigenvalue weighted by molar-refractivity contribution is 5.81. The van der Waals surface area contributed by atoms with E-state index in [0.717, 1.165) is 0 Å². The van der Waals surface area contributed by atoms with E-state index in [1.807, 2.05) is 0 Å². The van der Waals surface area contributed by atoms with E-state index in [1.165, 1.54) is 0 Å². The molecule has 0 aromatic carbocycles. The Morgan fingerprint density at radius 3 is 3.14 bits per heavy atom. The summed E-state index contributed by atoms with van der Waals surface area (Å²) in [7, 11) is 0. The third-order valence-electron chi connectivity index (χ3n) is 1.46. The predicted octanol–water partition coefficient (Wildman–Crippen LogP) is -1.94. The summed E-state index contributed by atoms with van der Waals surface area (Å²) in [6, 6.07) is 0.993.